The molecule has 4 nitrogen and oxygen atoms in total. The molecular weight excluding hydrogens is 355 g/mol. The third-order valence-electron chi connectivity index (χ3n) is 5.89. The first-order valence-electron chi connectivity index (χ1n) is 9.96. The van der Waals surface area contributed by atoms with E-state index >= 15 is 0 Å². The molecule has 1 atom stereocenters. The van der Waals surface area contributed by atoms with Crippen LogP contribution < -0.4 is 4.90 Å². The van der Waals surface area contributed by atoms with E-state index in [2.05, 4.69) is 13.0 Å². The maximum Gasteiger partial charge on any atom is 0.230 e. The van der Waals surface area contributed by atoms with Crippen LogP contribution >= 0.6 is 0 Å². The molecule has 1 unspecified atom stereocenters. The summed E-state index contributed by atoms with van der Waals surface area (Å²) < 4.78 is 13.3. The normalized spacial score (nSPS) is 19.6. The summed E-state index contributed by atoms with van der Waals surface area (Å²) in [4.78, 5) is 29.4. The van der Waals surface area contributed by atoms with Gasteiger partial charge in [0.1, 0.15) is 5.82 Å². The fourth-order valence-electron chi connectivity index (χ4n) is 4.41. The SMILES string of the molecule is CC1Cc2ccccc2N1C(=O)C1CCN(C(=O)Cc2cccc(F)c2)CC1. The molecule has 146 valence electrons. The molecule has 1 fully saturated rings. The van der Waals surface area contributed by atoms with E-state index in [0.29, 0.717) is 31.5 Å². The predicted octanol–water partition coefficient (Wildman–Crippen LogP) is 3.58. The van der Waals surface area contributed by atoms with E-state index in [0.717, 1.165) is 12.1 Å². The number of likely N-dealkylation sites (tertiary alicyclic amines) is 1. The second kappa shape index (κ2) is 7.74. The average molecular weight is 380 g/mol. The van der Waals surface area contributed by atoms with E-state index in [1.165, 1.54) is 17.7 Å². The Bertz CT molecular complexity index is 890. The number of carbonyl (C=O) groups excluding carboxylic acids is 2. The van der Waals surface area contributed by atoms with Crippen LogP contribution in [0.2, 0.25) is 0 Å². The Morgan fingerprint density at radius 1 is 1.07 bits per heavy atom. The third kappa shape index (κ3) is 3.66. The largest absolute Gasteiger partial charge is 0.342 e. The minimum absolute atomic E-state index is 0.00335. The zero-order valence-corrected chi connectivity index (χ0v) is 16.1. The second-order valence-corrected chi connectivity index (χ2v) is 7.85. The Morgan fingerprint density at radius 2 is 1.82 bits per heavy atom. The number of piperidine rings is 1. The fourth-order valence-corrected chi connectivity index (χ4v) is 4.41. The van der Waals surface area contributed by atoms with E-state index in [1.807, 2.05) is 23.1 Å². The van der Waals surface area contributed by atoms with Crippen LogP contribution in [0, 0.1) is 11.7 Å². The summed E-state index contributed by atoms with van der Waals surface area (Å²) >= 11 is 0. The summed E-state index contributed by atoms with van der Waals surface area (Å²) in [6.45, 7) is 3.25. The number of para-hydroxylation sites is 1. The van der Waals surface area contributed by atoms with Crippen molar-refractivity contribution in [3.63, 3.8) is 0 Å². The van der Waals surface area contributed by atoms with Crippen LogP contribution in [0.1, 0.15) is 30.9 Å². The smallest absolute Gasteiger partial charge is 0.230 e. The molecule has 0 N–H and O–H groups in total. The molecule has 0 spiro atoms. The van der Waals surface area contributed by atoms with Gasteiger partial charge in [0.25, 0.3) is 0 Å². The Labute approximate surface area is 164 Å². The van der Waals surface area contributed by atoms with Crippen LogP contribution in [-0.2, 0) is 22.4 Å². The number of anilines is 1. The van der Waals surface area contributed by atoms with E-state index in [1.54, 1.807) is 17.0 Å². The first-order valence-corrected chi connectivity index (χ1v) is 9.96. The van der Waals surface area contributed by atoms with Crippen LogP contribution in [-0.4, -0.2) is 35.8 Å². The van der Waals surface area contributed by atoms with E-state index in [4.69, 9.17) is 0 Å². The number of halogens is 1. The highest BCUT2D eigenvalue weighted by atomic mass is 19.1. The quantitative estimate of drug-likeness (QED) is 0.817. The zero-order valence-electron chi connectivity index (χ0n) is 16.1. The molecule has 0 radical (unpaired) electrons. The van der Waals surface area contributed by atoms with Gasteiger partial charge in [-0.15, -0.1) is 0 Å². The number of hydrogen-bond donors (Lipinski definition) is 0. The Morgan fingerprint density at radius 3 is 2.57 bits per heavy atom. The van der Waals surface area contributed by atoms with E-state index in [9.17, 15) is 14.0 Å². The van der Waals surface area contributed by atoms with Crippen LogP contribution in [0.5, 0.6) is 0 Å². The van der Waals surface area contributed by atoms with Crippen molar-refractivity contribution in [1.82, 2.24) is 4.90 Å². The number of nitrogens with zero attached hydrogens (tertiary/aromatic N) is 2. The lowest BCUT2D eigenvalue weighted by Crippen LogP contribution is -2.46. The van der Waals surface area contributed by atoms with Crippen LogP contribution in [0.25, 0.3) is 0 Å². The van der Waals surface area contributed by atoms with Gasteiger partial charge >= 0.3 is 0 Å². The molecule has 0 bridgehead atoms. The van der Waals surface area contributed by atoms with Crippen LogP contribution in [0.3, 0.4) is 0 Å². The molecule has 28 heavy (non-hydrogen) atoms. The molecule has 0 aromatic heterocycles. The lowest BCUT2D eigenvalue weighted by atomic mass is 9.94. The lowest BCUT2D eigenvalue weighted by molar-refractivity contribution is -0.134. The summed E-state index contributed by atoms with van der Waals surface area (Å²) in [5, 5.41) is 0. The molecule has 1 saturated heterocycles. The summed E-state index contributed by atoms with van der Waals surface area (Å²) in [7, 11) is 0. The minimum atomic E-state index is -0.324. The van der Waals surface area contributed by atoms with Gasteiger partial charge in [0, 0.05) is 30.7 Å². The van der Waals surface area contributed by atoms with Crippen molar-refractivity contribution in [3.05, 3.63) is 65.5 Å². The Hall–Kier alpha value is -2.69. The van der Waals surface area contributed by atoms with Crippen molar-refractivity contribution in [2.75, 3.05) is 18.0 Å². The van der Waals surface area contributed by atoms with Crippen molar-refractivity contribution in [2.24, 2.45) is 5.92 Å². The molecule has 0 saturated carbocycles. The monoisotopic (exact) mass is 380 g/mol. The van der Waals surface area contributed by atoms with Gasteiger partial charge in [0.15, 0.2) is 0 Å². The molecule has 5 heteroatoms. The highest BCUT2D eigenvalue weighted by molar-refractivity contribution is 5.97. The number of fused-ring (bicyclic) bond motifs is 1. The number of hydrogen-bond acceptors (Lipinski definition) is 2. The topological polar surface area (TPSA) is 40.6 Å². The summed E-state index contributed by atoms with van der Waals surface area (Å²) in [5.74, 6) is -0.201. The number of amides is 2. The fraction of sp³-hybridized carbons (Fsp3) is 0.391. The third-order valence-corrected chi connectivity index (χ3v) is 5.89. The van der Waals surface area contributed by atoms with Gasteiger partial charge in [-0.1, -0.05) is 30.3 Å². The highest BCUT2D eigenvalue weighted by Gasteiger charge is 2.36. The van der Waals surface area contributed by atoms with Gasteiger partial charge in [-0.25, -0.2) is 4.39 Å². The van der Waals surface area contributed by atoms with Gasteiger partial charge < -0.3 is 9.80 Å². The Balaban J connectivity index is 1.36. The van der Waals surface area contributed by atoms with Crippen molar-refractivity contribution >= 4 is 17.5 Å². The molecule has 4 rings (SSSR count). The van der Waals surface area contributed by atoms with Gasteiger partial charge in [0.2, 0.25) is 11.8 Å². The summed E-state index contributed by atoms with van der Waals surface area (Å²) in [6.07, 6.45) is 2.46. The van der Waals surface area contributed by atoms with Crippen molar-refractivity contribution in [2.45, 2.75) is 38.6 Å². The molecule has 2 aromatic carbocycles. The minimum Gasteiger partial charge on any atom is -0.342 e. The number of benzene rings is 2. The molecule has 2 aromatic rings. The molecular formula is C23H25FN2O2. The number of carbonyl (C=O) groups is 2. The first-order chi connectivity index (χ1) is 13.5. The van der Waals surface area contributed by atoms with Gasteiger partial charge in [0.05, 0.1) is 6.42 Å². The first kappa shape index (κ1) is 18.7. The van der Waals surface area contributed by atoms with Crippen LogP contribution in [0.15, 0.2) is 48.5 Å². The lowest BCUT2D eigenvalue weighted by Gasteiger charge is -2.34. The highest BCUT2D eigenvalue weighted by Crippen LogP contribution is 2.34. The van der Waals surface area contributed by atoms with Gasteiger partial charge in [-0.05, 0) is 55.5 Å². The second-order valence-electron chi connectivity index (χ2n) is 7.85. The zero-order chi connectivity index (χ0) is 19.7. The van der Waals surface area contributed by atoms with E-state index < -0.39 is 0 Å². The summed E-state index contributed by atoms with van der Waals surface area (Å²) in [5.41, 5.74) is 2.95. The van der Waals surface area contributed by atoms with Gasteiger partial charge in [-0.2, -0.15) is 0 Å². The molecule has 2 amide bonds. The van der Waals surface area contributed by atoms with Crippen molar-refractivity contribution in [1.29, 1.82) is 0 Å². The molecule has 2 aliphatic heterocycles. The van der Waals surface area contributed by atoms with Crippen LogP contribution in [0.4, 0.5) is 10.1 Å². The molecule has 0 aliphatic carbocycles. The predicted molar refractivity (Wildman–Crippen MR) is 107 cm³/mol. The maximum absolute atomic E-state index is 13.3. The standard InChI is InChI=1S/C23H25FN2O2/c1-16-13-19-6-2-3-8-21(19)26(16)23(28)18-9-11-25(12-10-18)22(27)15-17-5-4-7-20(24)14-17/h2-8,14,16,18H,9-13,15H2,1H3. The van der Waals surface area contributed by atoms with Crippen molar-refractivity contribution in [3.8, 4) is 0 Å². The average Bonchev–Trinajstić information content (AvgIpc) is 3.03. The van der Waals surface area contributed by atoms with Gasteiger partial charge in [-0.3, -0.25) is 9.59 Å². The summed E-state index contributed by atoms with van der Waals surface area (Å²) in [6, 6.07) is 14.5. The Kier molecular flexibility index (Phi) is 5.16. The maximum atomic E-state index is 13.3. The number of rotatable bonds is 3. The molecule has 2 heterocycles. The van der Waals surface area contributed by atoms with E-state index in [-0.39, 0.29) is 36.0 Å². The molecule has 2 aliphatic rings. The van der Waals surface area contributed by atoms with Crippen molar-refractivity contribution < 1.29 is 14.0 Å².